The molecule has 6 heteroatoms. The Kier molecular flexibility index (Phi) is 4.06. The third-order valence-corrected chi connectivity index (χ3v) is 3.91. The van der Waals surface area contributed by atoms with Crippen LogP contribution >= 0.6 is 11.8 Å². The van der Waals surface area contributed by atoms with E-state index >= 15 is 0 Å². The number of amides is 1. The summed E-state index contributed by atoms with van der Waals surface area (Å²) in [5.41, 5.74) is 0. The molecule has 17 heavy (non-hydrogen) atoms. The number of hydrogen-bond acceptors (Lipinski definition) is 4. The van der Waals surface area contributed by atoms with E-state index in [1.165, 1.54) is 11.8 Å². The Morgan fingerprint density at radius 3 is 3.24 bits per heavy atom. The van der Waals surface area contributed by atoms with Crippen molar-refractivity contribution in [3.8, 4) is 0 Å². The molecular weight excluding hydrogens is 236 g/mol. The van der Waals surface area contributed by atoms with Gasteiger partial charge in [-0.3, -0.25) is 9.48 Å². The maximum absolute atomic E-state index is 11.7. The van der Waals surface area contributed by atoms with Crippen molar-refractivity contribution in [2.75, 3.05) is 24.7 Å². The second-order valence-electron chi connectivity index (χ2n) is 4.19. The molecule has 0 saturated carbocycles. The third kappa shape index (κ3) is 3.01. The van der Waals surface area contributed by atoms with Crippen LogP contribution in [0, 0.1) is 0 Å². The van der Waals surface area contributed by atoms with Crippen LogP contribution in [0.15, 0.2) is 12.3 Å². The van der Waals surface area contributed by atoms with Crippen molar-refractivity contribution >= 4 is 23.5 Å². The number of anilines is 1. The van der Waals surface area contributed by atoms with Crippen LogP contribution in [0.4, 0.5) is 5.82 Å². The van der Waals surface area contributed by atoms with E-state index in [4.69, 9.17) is 0 Å². The first-order valence-electron chi connectivity index (χ1n) is 5.80. The molecule has 5 nitrogen and oxygen atoms in total. The van der Waals surface area contributed by atoms with Gasteiger partial charge in [0.05, 0.1) is 11.3 Å². The highest BCUT2D eigenvalue weighted by Crippen LogP contribution is 2.16. The number of carbonyl (C=O) groups excluding carboxylic acids is 1. The van der Waals surface area contributed by atoms with Crippen molar-refractivity contribution in [1.82, 2.24) is 15.1 Å². The van der Waals surface area contributed by atoms with Crippen LogP contribution < -0.4 is 10.6 Å². The highest BCUT2D eigenvalue weighted by atomic mass is 32.2. The highest BCUT2D eigenvalue weighted by Gasteiger charge is 2.18. The van der Waals surface area contributed by atoms with Crippen molar-refractivity contribution in [2.45, 2.75) is 24.6 Å². The minimum absolute atomic E-state index is 0.00676. The van der Waals surface area contributed by atoms with Gasteiger partial charge in [-0.15, -0.1) is 0 Å². The lowest BCUT2D eigenvalue weighted by atomic mass is 10.3. The molecule has 2 atom stereocenters. The first-order chi connectivity index (χ1) is 8.20. The second-order valence-corrected chi connectivity index (χ2v) is 5.37. The van der Waals surface area contributed by atoms with E-state index in [9.17, 15) is 4.79 Å². The lowest BCUT2D eigenvalue weighted by Gasteiger charge is -2.09. The number of hydrogen-bond donors (Lipinski definition) is 2. The molecule has 1 aliphatic heterocycles. The van der Waals surface area contributed by atoms with Gasteiger partial charge in [0.25, 0.3) is 0 Å². The van der Waals surface area contributed by atoms with E-state index in [1.807, 2.05) is 30.1 Å². The van der Waals surface area contributed by atoms with Crippen LogP contribution in [0.2, 0.25) is 0 Å². The summed E-state index contributed by atoms with van der Waals surface area (Å²) in [5, 5.41) is 10.5. The summed E-state index contributed by atoms with van der Waals surface area (Å²) in [6.45, 7) is 3.88. The van der Waals surface area contributed by atoms with Crippen molar-refractivity contribution < 1.29 is 4.79 Å². The Hall–Kier alpha value is -1.01. The number of nitrogens with one attached hydrogen (secondary N) is 2. The number of carbonyl (C=O) groups is 1. The van der Waals surface area contributed by atoms with Gasteiger partial charge >= 0.3 is 0 Å². The summed E-state index contributed by atoms with van der Waals surface area (Å²) in [7, 11) is 0. The van der Waals surface area contributed by atoms with Crippen LogP contribution in [0.3, 0.4) is 0 Å². The lowest BCUT2D eigenvalue weighted by Crippen LogP contribution is -2.22. The Balaban J connectivity index is 1.96. The molecule has 1 aliphatic rings. The average molecular weight is 254 g/mol. The predicted octanol–water partition coefficient (Wildman–Crippen LogP) is 1.11. The number of rotatable bonds is 4. The monoisotopic (exact) mass is 254 g/mol. The fourth-order valence-corrected chi connectivity index (χ4v) is 2.08. The maximum atomic E-state index is 11.7. The second kappa shape index (κ2) is 5.55. The number of nitrogens with zero attached hydrogens (tertiary/aromatic N) is 2. The van der Waals surface area contributed by atoms with Gasteiger partial charge in [-0.2, -0.15) is 16.9 Å². The molecule has 2 heterocycles. The summed E-state index contributed by atoms with van der Waals surface area (Å²) in [4.78, 5) is 11.7. The molecule has 1 amide bonds. The molecule has 0 bridgehead atoms. The third-order valence-electron chi connectivity index (χ3n) is 2.99. The molecular formula is C11H18N4OS. The van der Waals surface area contributed by atoms with E-state index in [1.54, 1.807) is 0 Å². The van der Waals surface area contributed by atoms with Crippen molar-refractivity contribution in [1.29, 1.82) is 0 Å². The minimum atomic E-state index is -0.0479. The van der Waals surface area contributed by atoms with Crippen molar-refractivity contribution in [2.24, 2.45) is 0 Å². The summed E-state index contributed by atoms with van der Waals surface area (Å²) >= 11 is 1.53. The number of thioether (sulfide) groups is 1. The molecule has 2 N–H and O–H groups in total. The molecule has 0 aliphatic carbocycles. The Bertz CT molecular complexity index is 387. The highest BCUT2D eigenvalue weighted by molar-refractivity contribution is 7.99. The summed E-state index contributed by atoms with van der Waals surface area (Å²) < 4.78 is 1.93. The summed E-state index contributed by atoms with van der Waals surface area (Å²) in [6, 6.07) is 2.27. The number of aromatic nitrogens is 2. The van der Waals surface area contributed by atoms with E-state index < -0.39 is 0 Å². The van der Waals surface area contributed by atoms with Crippen LogP contribution in [-0.4, -0.2) is 40.3 Å². The van der Waals surface area contributed by atoms with Crippen molar-refractivity contribution in [3.63, 3.8) is 0 Å². The van der Waals surface area contributed by atoms with E-state index in [2.05, 4.69) is 15.7 Å². The van der Waals surface area contributed by atoms with Gasteiger partial charge in [-0.05, 0) is 26.1 Å². The van der Waals surface area contributed by atoms with Gasteiger partial charge in [-0.1, -0.05) is 0 Å². The Morgan fingerprint density at radius 2 is 2.59 bits per heavy atom. The summed E-state index contributed by atoms with van der Waals surface area (Å²) in [6.07, 6.45) is 4.94. The fraction of sp³-hybridized carbons (Fsp3) is 0.636. The molecule has 94 valence electrons. The molecule has 1 aromatic heterocycles. The normalized spacial score (nSPS) is 21.4. The molecule has 1 fully saturated rings. The smallest absolute Gasteiger partial charge is 0.238 e. The SMILES string of the molecule is CSC(C)C(=O)Nc1ccn(C2CCNC2)n1. The van der Waals surface area contributed by atoms with Crippen LogP contribution in [0.25, 0.3) is 0 Å². The predicted molar refractivity (Wildman–Crippen MR) is 70.4 cm³/mol. The van der Waals surface area contributed by atoms with Gasteiger partial charge in [0.15, 0.2) is 5.82 Å². The van der Waals surface area contributed by atoms with Crippen LogP contribution in [0.5, 0.6) is 0 Å². The molecule has 0 aromatic carbocycles. The quantitative estimate of drug-likeness (QED) is 0.845. The maximum Gasteiger partial charge on any atom is 0.238 e. The summed E-state index contributed by atoms with van der Waals surface area (Å²) in [5.74, 6) is 0.648. The Labute approximate surface area is 105 Å². The van der Waals surface area contributed by atoms with E-state index in [-0.39, 0.29) is 11.2 Å². The minimum Gasteiger partial charge on any atom is -0.315 e. The van der Waals surface area contributed by atoms with Gasteiger partial charge in [0.1, 0.15) is 0 Å². The first-order valence-corrected chi connectivity index (χ1v) is 7.09. The molecule has 0 spiro atoms. The molecule has 1 aromatic rings. The fourth-order valence-electron chi connectivity index (χ4n) is 1.81. The molecule has 2 rings (SSSR count). The average Bonchev–Trinajstić information content (AvgIpc) is 2.97. The van der Waals surface area contributed by atoms with E-state index in [0.717, 1.165) is 19.5 Å². The lowest BCUT2D eigenvalue weighted by molar-refractivity contribution is -0.115. The first kappa shape index (κ1) is 12.4. The molecule has 2 unspecified atom stereocenters. The molecule has 1 saturated heterocycles. The Morgan fingerprint density at radius 1 is 1.76 bits per heavy atom. The van der Waals surface area contributed by atoms with Crippen LogP contribution in [0.1, 0.15) is 19.4 Å². The van der Waals surface area contributed by atoms with Gasteiger partial charge < -0.3 is 10.6 Å². The topological polar surface area (TPSA) is 59.0 Å². The van der Waals surface area contributed by atoms with Crippen LogP contribution in [-0.2, 0) is 4.79 Å². The van der Waals surface area contributed by atoms with Crippen molar-refractivity contribution in [3.05, 3.63) is 12.3 Å². The van der Waals surface area contributed by atoms with Gasteiger partial charge in [-0.25, -0.2) is 0 Å². The van der Waals surface area contributed by atoms with Gasteiger partial charge in [0.2, 0.25) is 5.91 Å². The largest absolute Gasteiger partial charge is 0.315 e. The standard InChI is InChI=1S/C11H18N4OS/c1-8(17-2)11(16)13-10-4-6-15(14-10)9-3-5-12-7-9/h4,6,8-9,12H,3,5,7H2,1-2H3,(H,13,14,16). The molecule has 0 radical (unpaired) electrons. The zero-order valence-electron chi connectivity index (χ0n) is 10.1. The van der Waals surface area contributed by atoms with E-state index in [0.29, 0.717) is 11.9 Å². The zero-order chi connectivity index (χ0) is 12.3. The zero-order valence-corrected chi connectivity index (χ0v) is 11.0. The van der Waals surface area contributed by atoms with Gasteiger partial charge in [0, 0.05) is 18.8 Å².